The van der Waals surface area contributed by atoms with Crippen molar-refractivity contribution in [3.8, 4) is 0 Å². The Labute approximate surface area is 684 Å². The van der Waals surface area contributed by atoms with Crippen LogP contribution in [0.4, 0.5) is 23.3 Å². The average Bonchev–Trinajstić information content (AvgIpc) is 1.61. The highest BCUT2D eigenvalue weighted by Gasteiger charge is 2.64. The lowest BCUT2D eigenvalue weighted by molar-refractivity contribution is -0.150. The van der Waals surface area contributed by atoms with Crippen LogP contribution in [0.25, 0.3) is 0 Å². The fourth-order valence-electron chi connectivity index (χ4n) is 12.6. The predicted octanol–water partition coefficient (Wildman–Crippen LogP) is 4.69. The maximum Gasteiger partial charge on any atom is 0.406 e. The van der Waals surface area contributed by atoms with Gasteiger partial charge in [0, 0.05) is 24.8 Å². The molecule has 8 fully saturated rings. The van der Waals surface area contributed by atoms with Crippen molar-refractivity contribution in [1.82, 2.24) is 58.6 Å². The Kier molecular flexibility index (Phi) is 29.8. The number of nitrogen functional groups attached to an aromatic ring is 4. The first-order valence-corrected chi connectivity index (χ1v) is 43.8. The first-order chi connectivity index (χ1) is 53.7. The Morgan fingerprint density at radius 3 is 0.707 bits per heavy atom. The van der Waals surface area contributed by atoms with E-state index >= 15 is 0 Å². The van der Waals surface area contributed by atoms with Crippen LogP contribution in [0.2, 0.25) is 0 Å². The van der Waals surface area contributed by atoms with Crippen molar-refractivity contribution in [2.75, 3.05) is 49.4 Å². The second-order valence-electron chi connectivity index (χ2n) is 29.5. The van der Waals surface area contributed by atoms with Crippen molar-refractivity contribution in [2.24, 2.45) is 0 Å². The molecule has 12 N–H and O–H groups in total. The fourth-order valence-corrected chi connectivity index (χ4v) is 21.3. The maximum absolute atomic E-state index is 13.0. The van der Waals surface area contributed by atoms with Crippen LogP contribution in [0.1, 0.15) is 136 Å². The first-order valence-electron chi connectivity index (χ1n) is 36.1. The molecule has 0 spiro atoms. The predicted molar refractivity (Wildman–Crippen MR) is 413 cm³/mol. The van der Waals surface area contributed by atoms with Gasteiger partial charge >= 0.3 is 77.6 Å². The molecule has 24 atom stereocenters. The minimum absolute atomic E-state index is 0.0634. The van der Waals surface area contributed by atoms with E-state index in [-0.39, 0.29) is 74.1 Å². The van der Waals surface area contributed by atoms with Gasteiger partial charge in [-0.05, 0) is 135 Å². The van der Waals surface area contributed by atoms with Crippen molar-refractivity contribution in [1.29, 1.82) is 0 Å². The number of carbonyl (C=O) groups excluding carboxylic acids is 4. The second kappa shape index (κ2) is 36.8. The highest BCUT2D eigenvalue weighted by atomic mass is 35.5. The van der Waals surface area contributed by atoms with E-state index in [9.17, 15) is 56.6 Å². The molecule has 12 heterocycles. The van der Waals surface area contributed by atoms with Crippen LogP contribution >= 0.6 is 77.4 Å². The SMILES string of the molecule is CC(C)OC(=O)[C@@H](C)NP1(=O)OC[C@H]2O[C@@H](n3ccc(N)nc3=O)[C@](C)(Cl)[C@@H]2O1.CC(C)OC(=O)[C@@H](C)N[P@@]1(=O)OC[C@H]2O[C@@H](n3ccc(N)nc3=O)[C@](C)(Cl)[C@@H]2O1.CC(C)OC(=O)[C@@H](C)N[P@]1(=O)OC[C@H]2O[C@@H](n3ccc(N)nc3=O)[C@](C)(Cl)[C@@H]2O1.CC(C)OC(=O)[C@H](C)NP1(=O)OC[C@H]2O[C@@H](n3ccc(N)nc3=O)[C@](C)(Cl)[C@@H]2O1. The molecule has 8 saturated heterocycles. The van der Waals surface area contributed by atoms with E-state index in [2.05, 4.69) is 40.3 Å². The topological polar surface area (TPSA) is 576 Å². The van der Waals surface area contributed by atoms with Crippen molar-refractivity contribution in [3.05, 3.63) is 91.0 Å². The summed E-state index contributed by atoms with van der Waals surface area (Å²) in [5.74, 6) is -2.14. The number of hydrogen-bond donors (Lipinski definition) is 8. The van der Waals surface area contributed by atoms with Gasteiger partial charge in [-0.25, -0.2) is 57.8 Å². The molecule has 2 unspecified atom stereocenters. The number of halogens is 4. The molecule has 0 bridgehead atoms. The summed E-state index contributed by atoms with van der Waals surface area (Å²) in [7, 11) is -15.6. The molecule has 44 nitrogen and oxygen atoms in total. The van der Waals surface area contributed by atoms with Crippen LogP contribution < -0.4 is 66.0 Å². The van der Waals surface area contributed by atoms with Gasteiger partial charge in [-0.2, -0.15) is 19.9 Å². The number of alkyl halides is 4. The van der Waals surface area contributed by atoms with E-state index in [4.69, 9.17) is 143 Å². The number of hydrogen-bond acceptors (Lipinski definition) is 36. The van der Waals surface area contributed by atoms with Crippen LogP contribution in [0, 0.1) is 0 Å². The third-order valence-corrected chi connectivity index (χ3v) is 26.4. The molecule has 0 radical (unpaired) electrons. The Bertz CT molecular complexity index is 4140. The third-order valence-electron chi connectivity index (χ3n) is 18.0. The fraction of sp³-hybridized carbons (Fsp3) is 0.688. The van der Waals surface area contributed by atoms with Crippen LogP contribution in [-0.2, 0) is 112 Å². The van der Waals surface area contributed by atoms with E-state index < -0.39 is 195 Å². The maximum atomic E-state index is 13.0. The summed E-state index contributed by atoms with van der Waals surface area (Å²) >= 11 is 26.7. The Morgan fingerprint density at radius 2 is 0.552 bits per heavy atom. The van der Waals surface area contributed by atoms with Gasteiger partial charge in [-0.3, -0.25) is 73.6 Å². The van der Waals surface area contributed by atoms with Crippen LogP contribution in [0.3, 0.4) is 0 Å². The van der Waals surface area contributed by atoms with E-state index in [1.807, 2.05) is 0 Å². The number of carbonyl (C=O) groups is 4. The molecule has 0 aliphatic carbocycles. The van der Waals surface area contributed by atoms with E-state index in [1.54, 1.807) is 83.1 Å². The van der Waals surface area contributed by atoms with Gasteiger partial charge in [-0.1, -0.05) is 0 Å². The summed E-state index contributed by atoms with van der Waals surface area (Å²) in [4.78, 5) is 106. The van der Waals surface area contributed by atoms with Crippen molar-refractivity contribution in [3.63, 3.8) is 0 Å². The first kappa shape index (κ1) is 93.9. The van der Waals surface area contributed by atoms with Gasteiger partial charge in [0.05, 0.1) is 50.8 Å². The number of anilines is 4. The minimum atomic E-state index is -3.89. The zero-order chi connectivity index (χ0) is 86.2. The minimum Gasteiger partial charge on any atom is -0.462 e. The van der Waals surface area contributed by atoms with Gasteiger partial charge in [0.25, 0.3) is 0 Å². The second-order valence-corrected chi connectivity index (χ2v) is 39.7. The molecule has 0 aromatic carbocycles. The van der Waals surface area contributed by atoms with Crippen LogP contribution in [-0.4, -0.2) is 205 Å². The lowest BCUT2D eigenvalue weighted by atomic mass is 10.0. The molecule has 52 heteroatoms. The number of ether oxygens (including phenoxy) is 8. The summed E-state index contributed by atoms with van der Waals surface area (Å²) in [5, 5.41) is 10.2. The largest absolute Gasteiger partial charge is 0.462 e. The number of nitrogens with two attached hydrogens (primary N) is 4. The van der Waals surface area contributed by atoms with Gasteiger partial charge in [-0.15, -0.1) is 46.4 Å². The van der Waals surface area contributed by atoms with Crippen molar-refractivity contribution in [2.45, 2.75) is 253 Å². The molecule has 0 amide bonds. The molecule has 0 saturated carbocycles. The highest BCUT2D eigenvalue weighted by Crippen LogP contribution is 2.62. The zero-order valence-corrected chi connectivity index (χ0v) is 72.2. The summed E-state index contributed by atoms with van der Waals surface area (Å²) in [5.41, 5.74) is 19.5. The normalized spacial score (nSPS) is 35.3. The molecule has 4 aromatic heterocycles. The third kappa shape index (κ3) is 21.8. The van der Waals surface area contributed by atoms with Crippen molar-refractivity contribution >= 4 is 125 Å². The molecular weight excluding hydrogens is 1710 g/mol. The van der Waals surface area contributed by atoms with Crippen LogP contribution in [0.15, 0.2) is 68.2 Å². The average molecular weight is 1800 g/mol. The molecule has 12 rings (SSSR count). The van der Waals surface area contributed by atoms with Gasteiger partial charge in [0.15, 0.2) is 24.9 Å². The lowest BCUT2D eigenvalue weighted by Crippen LogP contribution is -2.47. The molecule has 4 aromatic rings. The molecule has 8 aliphatic heterocycles. The summed E-state index contributed by atoms with van der Waals surface area (Å²) in [6.45, 7) is 25.5. The number of esters is 4. The zero-order valence-electron chi connectivity index (χ0n) is 65.6. The highest BCUT2D eigenvalue weighted by molar-refractivity contribution is 7.52. The number of aromatic nitrogens is 8. The van der Waals surface area contributed by atoms with E-state index in [0.717, 1.165) is 0 Å². The van der Waals surface area contributed by atoms with Gasteiger partial charge in [0.2, 0.25) is 0 Å². The quantitative estimate of drug-likeness (QED) is 0.0257. The summed E-state index contributed by atoms with van der Waals surface area (Å²) in [6.07, 6.45) is -5.80. The number of fused-ring (bicyclic) bond motifs is 4. The molecule has 8 aliphatic rings. The van der Waals surface area contributed by atoms with Gasteiger partial charge in [0.1, 0.15) is 116 Å². The Hall–Kier alpha value is -5.96. The molecule has 116 heavy (non-hydrogen) atoms. The molecular formula is C64H96Cl4N16O28P4. The summed E-state index contributed by atoms with van der Waals surface area (Å²) in [6, 6.07) is 1.98. The monoisotopic (exact) mass is 1800 g/mol. The number of nitrogens with one attached hydrogen (secondary N) is 4. The summed E-state index contributed by atoms with van der Waals surface area (Å²) < 4.78 is 145. The van der Waals surface area contributed by atoms with E-state index in [1.165, 1.54) is 95.0 Å². The lowest BCUT2D eigenvalue weighted by Gasteiger charge is -2.36. The standard InChI is InChI=1S/4C16H24ClN4O7P/c4*1-8(2)26-13(22)9(3)20-29(24)25-7-10-12(28-29)16(4,17)14(27-10)21-6-5-11(18)19-15(21)23/h4*5-6,8-10,12,14H,7H2,1-4H3,(H,20,24)(H2,18,19,23)/t9-,10+,12+,14+,16+,29?;9-,10-,12-,14-,16-,29?;9-,10-,12-,14-,16-,29+;9-,10-,12-,14-,16-,29-/m0111/s1. The Balaban J connectivity index is 0.000000177. The number of rotatable bonds is 20. The smallest absolute Gasteiger partial charge is 0.406 e. The molecule has 648 valence electrons. The Morgan fingerprint density at radius 1 is 0.379 bits per heavy atom. The van der Waals surface area contributed by atoms with Crippen LogP contribution in [0.5, 0.6) is 0 Å². The number of nitrogens with zero attached hydrogens (tertiary/aromatic N) is 8. The van der Waals surface area contributed by atoms with Crippen molar-refractivity contribution < 1.29 is 112 Å². The van der Waals surface area contributed by atoms with E-state index in [0.29, 0.717) is 0 Å². The van der Waals surface area contributed by atoms with Gasteiger partial charge < -0.3 is 60.8 Å².